The SMILES string of the molecule is CC(C)=C1CCC(N2CCC(n3c(CCOC(N)=O)c(CCNS(C)(=O)=O)c4cccnc43)CC2)CC1. The first-order valence-electron chi connectivity index (χ1n) is 13.4. The number of sulfonamides is 1. The van der Waals surface area contributed by atoms with Gasteiger partial charge in [-0.05, 0) is 76.5 Å². The van der Waals surface area contributed by atoms with Crippen molar-refractivity contribution in [3.8, 4) is 0 Å². The van der Waals surface area contributed by atoms with E-state index in [1.807, 2.05) is 12.1 Å². The van der Waals surface area contributed by atoms with Gasteiger partial charge >= 0.3 is 6.09 Å². The van der Waals surface area contributed by atoms with Crippen LogP contribution in [0.1, 0.15) is 69.7 Å². The topological polar surface area (TPSA) is 120 Å². The van der Waals surface area contributed by atoms with Crippen LogP contribution in [-0.4, -0.2) is 67.5 Å². The van der Waals surface area contributed by atoms with E-state index >= 15 is 0 Å². The Hall–Kier alpha value is -2.43. The Morgan fingerprint density at radius 2 is 1.84 bits per heavy atom. The van der Waals surface area contributed by atoms with Gasteiger partial charge in [0.05, 0.1) is 12.9 Å². The van der Waals surface area contributed by atoms with Crippen molar-refractivity contribution in [1.29, 1.82) is 0 Å². The van der Waals surface area contributed by atoms with Crippen molar-refractivity contribution in [2.75, 3.05) is 32.5 Å². The van der Waals surface area contributed by atoms with E-state index in [1.54, 1.807) is 11.8 Å². The fraction of sp³-hybridized carbons (Fsp3) is 0.630. The van der Waals surface area contributed by atoms with E-state index in [1.165, 1.54) is 37.5 Å². The number of ether oxygens (including phenoxy) is 1. The lowest BCUT2D eigenvalue weighted by molar-refractivity contribution is 0.116. The van der Waals surface area contributed by atoms with E-state index in [2.05, 4.69) is 28.0 Å². The fourth-order valence-corrected chi connectivity index (χ4v) is 6.60. The fourth-order valence-electron chi connectivity index (χ4n) is 6.13. The molecule has 2 fully saturated rings. The molecule has 0 aromatic carbocycles. The Bertz CT molecular complexity index is 1230. The van der Waals surface area contributed by atoms with E-state index in [4.69, 9.17) is 15.5 Å². The average molecular weight is 532 g/mol. The molecule has 1 aliphatic heterocycles. The number of fused-ring (bicyclic) bond motifs is 1. The molecule has 1 amide bonds. The second-order valence-corrected chi connectivity index (χ2v) is 12.4. The number of hydrogen-bond acceptors (Lipinski definition) is 6. The van der Waals surface area contributed by atoms with Crippen LogP contribution in [0, 0.1) is 0 Å². The summed E-state index contributed by atoms with van der Waals surface area (Å²) >= 11 is 0. The number of amides is 1. The summed E-state index contributed by atoms with van der Waals surface area (Å²) < 4.78 is 33.4. The first-order valence-corrected chi connectivity index (χ1v) is 15.3. The average Bonchev–Trinajstić information content (AvgIpc) is 3.16. The molecule has 3 N–H and O–H groups in total. The van der Waals surface area contributed by atoms with Gasteiger partial charge in [-0.1, -0.05) is 11.1 Å². The van der Waals surface area contributed by atoms with E-state index in [0.717, 1.165) is 48.2 Å². The number of hydrogen-bond donors (Lipinski definition) is 2. The quantitative estimate of drug-likeness (QED) is 0.477. The molecule has 2 aromatic heterocycles. The maximum Gasteiger partial charge on any atom is 0.404 e. The van der Waals surface area contributed by atoms with Crippen LogP contribution < -0.4 is 10.5 Å². The number of carbonyl (C=O) groups excluding carboxylic acids is 1. The Kier molecular flexibility index (Phi) is 8.92. The van der Waals surface area contributed by atoms with Crippen molar-refractivity contribution in [2.45, 2.75) is 77.3 Å². The Labute approximate surface area is 220 Å². The van der Waals surface area contributed by atoms with Gasteiger partial charge in [-0.15, -0.1) is 0 Å². The molecule has 0 atom stereocenters. The van der Waals surface area contributed by atoms with Gasteiger partial charge in [-0.25, -0.2) is 22.9 Å². The van der Waals surface area contributed by atoms with Crippen molar-refractivity contribution >= 4 is 27.1 Å². The lowest BCUT2D eigenvalue weighted by Gasteiger charge is -2.40. The third kappa shape index (κ3) is 6.91. The van der Waals surface area contributed by atoms with Gasteiger partial charge in [-0.2, -0.15) is 0 Å². The highest BCUT2D eigenvalue weighted by atomic mass is 32.2. The maximum atomic E-state index is 11.7. The molecule has 0 radical (unpaired) electrons. The monoisotopic (exact) mass is 531 g/mol. The van der Waals surface area contributed by atoms with E-state index in [9.17, 15) is 13.2 Å². The Morgan fingerprint density at radius 3 is 2.46 bits per heavy atom. The van der Waals surface area contributed by atoms with Crippen LogP contribution in [0.15, 0.2) is 29.5 Å². The number of nitrogens with two attached hydrogens (primary N) is 1. The Morgan fingerprint density at radius 1 is 1.14 bits per heavy atom. The van der Waals surface area contributed by atoms with E-state index in [0.29, 0.717) is 25.4 Å². The van der Waals surface area contributed by atoms with Crippen molar-refractivity contribution in [3.05, 3.63) is 40.7 Å². The standard InChI is InChI=1S/C27H41N5O4S/c1-19(2)20-6-8-21(9-7-20)31-16-11-22(12-17-31)32-25(13-18-36-27(28)33)23(10-15-30-37(3,34)35)24-5-4-14-29-26(24)32/h4-5,14,21-22,30H,6-13,15-18H2,1-3H3,(H2,28,33). The summed E-state index contributed by atoms with van der Waals surface area (Å²) in [6.45, 7) is 7.03. The van der Waals surface area contributed by atoms with Gasteiger partial charge in [0, 0.05) is 55.4 Å². The molecule has 0 spiro atoms. The number of likely N-dealkylation sites (tertiary alicyclic amines) is 1. The number of pyridine rings is 1. The molecule has 0 unspecified atom stereocenters. The summed E-state index contributed by atoms with van der Waals surface area (Å²) in [7, 11) is -3.29. The van der Waals surface area contributed by atoms with Gasteiger partial charge in [0.1, 0.15) is 5.65 Å². The van der Waals surface area contributed by atoms with Crippen LogP contribution in [0.5, 0.6) is 0 Å². The summed E-state index contributed by atoms with van der Waals surface area (Å²) in [6.07, 6.45) is 10.2. The highest BCUT2D eigenvalue weighted by molar-refractivity contribution is 7.88. The molecular formula is C27H41N5O4S. The number of nitrogens with one attached hydrogen (secondary N) is 1. The van der Waals surface area contributed by atoms with Gasteiger partial charge in [-0.3, -0.25) is 0 Å². The van der Waals surface area contributed by atoms with Crippen LogP contribution >= 0.6 is 0 Å². The predicted octanol–water partition coefficient (Wildman–Crippen LogP) is 3.68. The maximum absolute atomic E-state index is 11.7. The zero-order chi connectivity index (χ0) is 26.6. The lowest BCUT2D eigenvalue weighted by Crippen LogP contribution is -2.43. The summed E-state index contributed by atoms with van der Waals surface area (Å²) in [5.74, 6) is 0. The van der Waals surface area contributed by atoms with Gasteiger partial charge in [0.25, 0.3) is 0 Å². The van der Waals surface area contributed by atoms with Crippen molar-refractivity contribution in [2.24, 2.45) is 5.73 Å². The van der Waals surface area contributed by atoms with Crippen LogP contribution in [0.25, 0.3) is 11.0 Å². The third-order valence-electron chi connectivity index (χ3n) is 7.95. The molecule has 9 nitrogen and oxygen atoms in total. The van der Waals surface area contributed by atoms with Crippen LogP contribution in [0.3, 0.4) is 0 Å². The zero-order valence-corrected chi connectivity index (χ0v) is 23.1. The summed E-state index contributed by atoms with van der Waals surface area (Å²) in [5.41, 5.74) is 11.4. The van der Waals surface area contributed by atoms with Gasteiger partial charge < -0.3 is 19.9 Å². The number of rotatable bonds is 9. The second-order valence-electron chi connectivity index (χ2n) is 10.6. The molecule has 10 heteroatoms. The van der Waals surface area contributed by atoms with Crippen LogP contribution in [-0.2, 0) is 27.6 Å². The minimum atomic E-state index is -3.29. The van der Waals surface area contributed by atoms with E-state index in [-0.39, 0.29) is 12.6 Å². The number of carbonyl (C=O) groups is 1. The summed E-state index contributed by atoms with van der Waals surface area (Å²) in [4.78, 5) is 18.7. The van der Waals surface area contributed by atoms with Crippen molar-refractivity contribution in [1.82, 2.24) is 19.2 Å². The molecule has 2 aromatic rings. The van der Waals surface area contributed by atoms with Crippen LogP contribution in [0.4, 0.5) is 4.79 Å². The molecule has 1 saturated carbocycles. The molecule has 3 heterocycles. The second kappa shape index (κ2) is 12.0. The highest BCUT2D eigenvalue weighted by Crippen LogP contribution is 2.36. The van der Waals surface area contributed by atoms with Gasteiger partial charge in [0.2, 0.25) is 10.0 Å². The predicted molar refractivity (Wildman–Crippen MR) is 146 cm³/mol. The molecule has 0 bridgehead atoms. The zero-order valence-electron chi connectivity index (χ0n) is 22.3. The molecule has 37 heavy (non-hydrogen) atoms. The number of piperidine rings is 1. The molecule has 1 aliphatic carbocycles. The van der Waals surface area contributed by atoms with Gasteiger partial charge in [0.15, 0.2) is 0 Å². The molecule has 2 aliphatic rings. The lowest BCUT2D eigenvalue weighted by atomic mass is 9.86. The first kappa shape index (κ1) is 27.6. The number of aromatic nitrogens is 2. The molecule has 1 saturated heterocycles. The molecular weight excluding hydrogens is 490 g/mol. The van der Waals surface area contributed by atoms with Crippen molar-refractivity contribution < 1.29 is 17.9 Å². The van der Waals surface area contributed by atoms with E-state index < -0.39 is 16.1 Å². The minimum Gasteiger partial charge on any atom is -0.449 e. The minimum absolute atomic E-state index is 0.172. The number of nitrogens with zero attached hydrogens (tertiary/aromatic N) is 3. The van der Waals surface area contributed by atoms with Crippen molar-refractivity contribution in [3.63, 3.8) is 0 Å². The Balaban J connectivity index is 1.56. The summed E-state index contributed by atoms with van der Waals surface area (Å²) in [5, 5.41) is 1.02. The third-order valence-corrected chi connectivity index (χ3v) is 8.68. The number of primary amides is 1. The molecule has 4 rings (SSSR count). The first-order chi connectivity index (χ1) is 17.6. The highest BCUT2D eigenvalue weighted by Gasteiger charge is 2.31. The molecule has 204 valence electrons. The smallest absolute Gasteiger partial charge is 0.404 e. The normalized spacial score (nSPS) is 19.9. The largest absolute Gasteiger partial charge is 0.449 e. The van der Waals surface area contributed by atoms with Crippen LogP contribution in [0.2, 0.25) is 0 Å². The summed E-state index contributed by atoms with van der Waals surface area (Å²) in [6, 6.07) is 4.90. The number of allylic oxidation sites excluding steroid dienone is 2.